The van der Waals surface area contributed by atoms with Crippen molar-refractivity contribution in [2.75, 3.05) is 0 Å². The van der Waals surface area contributed by atoms with Gasteiger partial charge in [0.25, 0.3) is 0 Å². The predicted octanol–water partition coefficient (Wildman–Crippen LogP) is 12.2. The van der Waals surface area contributed by atoms with Crippen molar-refractivity contribution in [2.24, 2.45) is 0 Å². The van der Waals surface area contributed by atoms with E-state index < -0.39 is 0 Å². The molecule has 9 aromatic rings. The lowest BCUT2D eigenvalue weighted by Crippen LogP contribution is -1.87. The van der Waals surface area contributed by atoms with Crippen molar-refractivity contribution in [1.29, 1.82) is 0 Å². The summed E-state index contributed by atoms with van der Waals surface area (Å²) < 4.78 is 12.4. The molecule has 0 aliphatic rings. The number of fused-ring (bicyclic) bond motifs is 6. The molecule has 0 fully saturated rings. The molecule has 44 heavy (non-hydrogen) atoms. The molecule has 0 radical (unpaired) electrons. The van der Waals surface area contributed by atoms with Gasteiger partial charge in [-0.15, -0.1) is 0 Å². The fourth-order valence-electron chi connectivity index (χ4n) is 6.44. The zero-order valence-corrected chi connectivity index (χ0v) is 23.8. The second-order valence-corrected chi connectivity index (χ2v) is 11.4. The first-order valence-electron chi connectivity index (χ1n) is 14.9. The van der Waals surface area contributed by atoms with Gasteiger partial charge in [-0.2, -0.15) is 0 Å². The summed E-state index contributed by atoms with van der Waals surface area (Å²) in [5.41, 5.74) is 13.0. The SMILES string of the molecule is c1ccc(-c2cc(-c3ccccc3)cc(-c3cccc(-c4ccc5oc6cc7oc8ccccc8c7cc6c5c4)c3)c2)cc1. The smallest absolute Gasteiger partial charge is 0.139 e. The van der Waals surface area contributed by atoms with Crippen molar-refractivity contribution in [3.05, 3.63) is 158 Å². The van der Waals surface area contributed by atoms with E-state index >= 15 is 0 Å². The van der Waals surface area contributed by atoms with E-state index in [9.17, 15) is 0 Å². The van der Waals surface area contributed by atoms with Crippen molar-refractivity contribution in [3.63, 3.8) is 0 Å². The summed E-state index contributed by atoms with van der Waals surface area (Å²) >= 11 is 0. The van der Waals surface area contributed by atoms with Crippen LogP contribution in [0.3, 0.4) is 0 Å². The molecule has 2 aromatic heterocycles. The maximum atomic E-state index is 6.29. The van der Waals surface area contributed by atoms with Gasteiger partial charge in [0.05, 0.1) is 0 Å². The van der Waals surface area contributed by atoms with Crippen LogP contribution in [0.4, 0.5) is 0 Å². The molecule has 0 aliphatic carbocycles. The summed E-state index contributed by atoms with van der Waals surface area (Å²) in [5, 5.41) is 4.43. The molecule has 206 valence electrons. The monoisotopic (exact) mass is 562 g/mol. The van der Waals surface area contributed by atoms with E-state index in [0.29, 0.717) is 0 Å². The molecule has 0 spiro atoms. The van der Waals surface area contributed by atoms with Crippen molar-refractivity contribution in [2.45, 2.75) is 0 Å². The van der Waals surface area contributed by atoms with Gasteiger partial charge in [0.15, 0.2) is 0 Å². The summed E-state index contributed by atoms with van der Waals surface area (Å²) in [5.74, 6) is 0. The Bertz CT molecular complexity index is 2420. The summed E-state index contributed by atoms with van der Waals surface area (Å²) in [4.78, 5) is 0. The molecule has 0 aliphatic heterocycles. The number of hydrogen-bond acceptors (Lipinski definition) is 2. The minimum atomic E-state index is 0.837. The molecule has 0 atom stereocenters. The Hall–Kier alpha value is -5.86. The quantitative estimate of drug-likeness (QED) is 0.213. The zero-order chi connectivity index (χ0) is 29.0. The first-order chi connectivity index (χ1) is 21.8. The van der Waals surface area contributed by atoms with Crippen molar-refractivity contribution >= 4 is 43.9 Å². The molecule has 0 saturated heterocycles. The molecule has 0 amide bonds. The molecule has 7 aromatic carbocycles. The lowest BCUT2D eigenvalue weighted by atomic mass is 9.92. The largest absolute Gasteiger partial charge is 0.456 e. The fourth-order valence-corrected chi connectivity index (χ4v) is 6.44. The van der Waals surface area contributed by atoms with Crippen LogP contribution < -0.4 is 0 Å². The van der Waals surface area contributed by atoms with E-state index in [1.807, 2.05) is 18.2 Å². The van der Waals surface area contributed by atoms with Crippen LogP contribution in [0.1, 0.15) is 0 Å². The number of rotatable bonds is 4. The third kappa shape index (κ3) is 4.11. The van der Waals surface area contributed by atoms with Crippen molar-refractivity contribution in [1.82, 2.24) is 0 Å². The standard InChI is InChI=1S/C42H26O2/c1-3-10-27(11-4-1)32-21-33(28-12-5-2-6-13-28)23-34(22-32)30-15-9-14-29(20-30)31-18-19-40-36(24-31)38-25-37-35-16-7-8-17-39(35)43-41(37)26-42(38)44-40/h1-26H. The van der Waals surface area contributed by atoms with Crippen LogP contribution in [0, 0.1) is 0 Å². The highest BCUT2D eigenvalue weighted by molar-refractivity contribution is 6.15. The van der Waals surface area contributed by atoms with Crippen molar-refractivity contribution in [3.8, 4) is 44.5 Å². The Morgan fingerprint density at radius 1 is 0.227 bits per heavy atom. The van der Waals surface area contributed by atoms with Crippen LogP contribution in [0.15, 0.2) is 167 Å². The van der Waals surface area contributed by atoms with E-state index in [1.165, 1.54) is 38.9 Å². The van der Waals surface area contributed by atoms with Crippen LogP contribution in [0.5, 0.6) is 0 Å². The molecule has 9 rings (SSSR count). The predicted molar refractivity (Wildman–Crippen MR) is 183 cm³/mol. The van der Waals surface area contributed by atoms with E-state index in [4.69, 9.17) is 8.83 Å². The number of para-hydroxylation sites is 1. The average Bonchev–Trinajstić information content (AvgIpc) is 3.64. The van der Waals surface area contributed by atoms with Crippen molar-refractivity contribution < 1.29 is 8.83 Å². The number of hydrogen-bond donors (Lipinski definition) is 0. The van der Waals surface area contributed by atoms with Crippen LogP contribution in [-0.4, -0.2) is 0 Å². The molecular formula is C42H26O2. The highest BCUT2D eigenvalue weighted by Crippen LogP contribution is 2.39. The van der Waals surface area contributed by atoms with E-state index in [2.05, 4.69) is 140 Å². The molecule has 2 heteroatoms. The van der Waals surface area contributed by atoms with E-state index in [0.717, 1.165) is 49.4 Å². The maximum Gasteiger partial charge on any atom is 0.139 e. The summed E-state index contributed by atoms with van der Waals surface area (Å²) in [6.45, 7) is 0. The first kappa shape index (κ1) is 24.7. The van der Waals surface area contributed by atoms with Gasteiger partial charge in [-0.05, 0) is 93.0 Å². The number of benzene rings is 7. The Balaban J connectivity index is 1.18. The van der Waals surface area contributed by atoms with Crippen LogP contribution >= 0.6 is 0 Å². The minimum Gasteiger partial charge on any atom is -0.456 e. The van der Waals surface area contributed by atoms with Gasteiger partial charge in [0, 0.05) is 27.6 Å². The molecular weight excluding hydrogens is 536 g/mol. The van der Waals surface area contributed by atoms with Crippen LogP contribution in [0.2, 0.25) is 0 Å². The van der Waals surface area contributed by atoms with Gasteiger partial charge in [0.2, 0.25) is 0 Å². The Kier molecular flexibility index (Phi) is 5.54. The molecule has 0 saturated carbocycles. The van der Waals surface area contributed by atoms with E-state index in [1.54, 1.807) is 0 Å². The zero-order valence-electron chi connectivity index (χ0n) is 23.8. The Morgan fingerprint density at radius 2 is 0.682 bits per heavy atom. The van der Waals surface area contributed by atoms with Gasteiger partial charge in [-0.1, -0.05) is 103 Å². The van der Waals surface area contributed by atoms with Gasteiger partial charge in [0.1, 0.15) is 22.3 Å². The topological polar surface area (TPSA) is 26.3 Å². The van der Waals surface area contributed by atoms with Crippen LogP contribution in [-0.2, 0) is 0 Å². The highest BCUT2D eigenvalue weighted by Gasteiger charge is 2.14. The first-order valence-corrected chi connectivity index (χ1v) is 14.9. The summed E-state index contributed by atoms with van der Waals surface area (Å²) in [7, 11) is 0. The number of furan rings is 2. The lowest BCUT2D eigenvalue weighted by Gasteiger charge is -2.12. The Morgan fingerprint density at radius 3 is 1.36 bits per heavy atom. The highest BCUT2D eigenvalue weighted by atomic mass is 16.3. The third-order valence-electron chi connectivity index (χ3n) is 8.65. The molecule has 2 heterocycles. The van der Waals surface area contributed by atoms with Gasteiger partial charge >= 0.3 is 0 Å². The second kappa shape index (κ2) is 9.86. The van der Waals surface area contributed by atoms with E-state index in [-0.39, 0.29) is 0 Å². The summed E-state index contributed by atoms with van der Waals surface area (Å²) in [6, 6.07) is 55.9. The normalized spacial score (nSPS) is 11.6. The molecule has 0 N–H and O–H groups in total. The fraction of sp³-hybridized carbons (Fsp3) is 0. The van der Waals surface area contributed by atoms with Crippen LogP contribution in [0.25, 0.3) is 88.4 Å². The minimum absolute atomic E-state index is 0.837. The summed E-state index contributed by atoms with van der Waals surface area (Å²) in [6.07, 6.45) is 0. The third-order valence-corrected chi connectivity index (χ3v) is 8.65. The average molecular weight is 563 g/mol. The Labute approximate surface area is 254 Å². The van der Waals surface area contributed by atoms with Gasteiger partial charge < -0.3 is 8.83 Å². The second-order valence-electron chi connectivity index (χ2n) is 11.4. The molecule has 2 nitrogen and oxygen atoms in total. The maximum absolute atomic E-state index is 6.29. The lowest BCUT2D eigenvalue weighted by molar-refractivity contribution is 0.656. The molecule has 0 bridgehead atoms. The van der Waals surface area contributed by atoms with Gasteiger partial charge in [-0.25, -0.2) is 0 Å². The van der Waals surface area contributed by atoms with Gasteiger partial charge in [-0.3, -0.25) is 0 Å². The molecule has 0 unspecified atom stereocenters.